The van der Waals surface area contributed by atoms with Crippen LogP contribution < -0.4 is 16.0 Å². The quantitative estimate of drug-likeness (QED) is 0.778. The average Bonchev–Trinajstić information content (AvgIpc) is 3.06. The molecule has 4 nitrogen and oxygen atoms in total. The molecule has 2 amide bonds. The first-order chi connectivity index (χ1) is 9.31. The Labute approximate surface area is 114 Å². The highest BCUT2D eigenvalue weighted by molar-refractivity contribution is 5.74. The van der Waals surface area contributed by atoms with Gasteiger partial charge in [0, 0.05) is 25.7 Å². The number of hydrogen-bond donors (Lipinski definition) is 3. The second-order valence-electron chi connectivity index (χ2n) is 5.52. The Kier molecular flexibility index (Phi) is 3.69. The van der Waals surface area contributed by atoms with Crippen molar-refractivity contribution in [3.8, 4) is 0 Å². The summed E-state index contributed by atoms with van der Waals surface area (Å²) in [6.07, 6.45) is 4.72. The Hall–Kier alpha value is -1.55. The Bertz CT molecular complexity index is 466. The fourth-order valence-electron chi connectivity index (χ4n) is 2.95. The van der Waals surface area contributed by atoms with Gasteiger partial charge in [0.2, 0.25) is 0 Å². The number of rotatable bonds is 3. The lowest BCUT2D eigenvalue weighted by Gasteiger charge is -2.13. The topological polar surface area (TPSA) is 53.2 Å². The number of carbonyl (C=O) groups excluding carboxylic acids is 1. The van der Waals surface area contributed by atoms with Crippen LogP contribution in [0.1, 0.15) is 42.4 Å². The summed E-state index contributed by atoms with van der Waals surface area (Å²) < 4.78 is 0. The van der Waals surface area contributed by atoms with E-state index in [0.29, 0.717) is 12.6 Å². The number of hydrogen-bond acceptors (Lipinski definition) is 2. The average molecular weight is 259 g/mol. The van der Waals surface area contributed by atoms with Crippen molar-refractivity contribution in [2.24, 2.45) is 0 Å². The summed E-state index contributed by atoms with van der Waals surface area (Å²) in [6.45, 7) is 2.51. The molecule has 0 spiro atoms. The Balaban J connectivity index is 1.50. The van der Waals surface area contributed by atoms with E-state index in [0.717, 1.165) is 25.9 Å². The van der Waals surface area contributed by atoms with E-state index < -0.39 is 0 Å². The zero-order valence-electron chi connectivity index (χ0n) is 11.2. The van der Waals surface area contributed by atoms with E-state index in [1.54, 1.807) is 0 Å². The number of amides is 2. The summed E-state index contributed by atoms with van der Waals surface area (Å²) in [5, 5.41) is 9.31. The van der Waals surface area contributed by atoms with Crippen molar-refractivity contribution in [1.29, 1.82) is 0 Å². The Morgan fingerprint density at radius 2 is 2.00 bits per heavy atom. The number of nitrogens with one attached hydrogen (secondary N) is 3. The first kappa shape index (κ1) is 12.5. The van der Waals surface area contributed by atoms with Crippen molar-refractivity contribution in [3.63, 3.8) is 0 Å². The molecule has 3 N–H and O–H groups in total. The molecule has 0 saturated heterocycles. The van der Waals surface area contributed by atoms with E-state index in [4.69, 9.17) is 0 Å². The predicted molar refractivity (Wildman–Crippen MR) is 74.6 cm³/mol. The molecule has 19 heavy (non-hydrogen) atoms. The van der Waals surface area contributed by atoms with Gasteiger partial charge in [0.15, 0.2) is 0 Å². The molecule has 1 aromatic rings. The first-order valence-corrected chi connectivity index (χ1v) is 7.17. The minimum atomic E-state index is -0.0366. The molecule has 1 saturated carbocycles. The Morgan fingerprint density at radius 1 is 1.21 bits per heavy atom. The van der Waals surface area contributed by atoms with Gasteiger partial charge in [0.1, 0.15) is 0 Å². The normalized spacial score (nSPS) is 18.3. The van der Waals surface area contributed by atoms with Crippen LogP contribution in [-0.4, -0.2) is 12.1 Å². The smallest absolute Gasteiger partial charge is 0.315 e. The van der Waals surface area contributed by atoms with E-state index in [1.165, 1.54) is 29.5 Å². The molecule has 102 valence electrons. The second-order valence-corrected chi connectivity index (χ2v) is 5.52. The molecular weight excluding hydrogens is 238 g/mol. The van der Waals surface area contributed by atoms with Gasteiger partial charge in [-0.05, 0) is 29.5 Å². The van der Waals surface area contributed by atoms with Gasteiger partial charge < -0.3 is 16.0 Å². The van der Waals surface area contributed by atoms with Crippen molar-refractivity contribution in [1.82, 2.24) is 16.0 Å². The lowest BCUT2D eigenvalue weighted by Crippen LogP contribution is -2.40. The highest BCUT2D eigenvalue weighted by atomic mass is 16.2. The lowest BCUT2D eigenvalue weighted by molar-refractivity contribution is 0.236. The highest BCUT2D eigenvalue weighted by Gasteiger charge is 2.16. The van der Waals surface area contributed by atoms with Crippen LogP contribution in [0.25, 0.3) is 0 Å². The van der Waals surface area contributed by atoms with Crippen LogP contribution in [0.4, 0.5) is 4.79 Å². The fourth-order valence-corrected chi connectivity index (χ4v) is 2.95. The largest absolute Gasteiger partial charge is 0.335 e. The SMILES string of the molecule is O=C(NCc1ccc2c(c1)CNC2)NC1CCCC1. The van der Waals surface area contributed by atoms with Gasteiger partial charge in [-0.15, -0.1) is 0 Å². The molecular formula is C15H21N3O. The molecule has 0 atom stereocenters. The highest BCUT2D eigenvalue weighted by Crippen LogP contribution is 2.18. The van der Waals surface area contributed by atoms with Crippen LogP contribution in [0.3, 0.4) is 0 Å². The summed E-state index contributed by atoms with van der Waals surface area (Å²) in [6, 6.07) is 6.78. The first-order valence-electron chi connectivity index (χ1n) is 7.17. The monoisotopic (exact) mass is 259 g/mol. The predicted octanol–water partition coefficient (Wildman–Crippen LogP) is 2.03. The van der Waals surface area contributed by atoms with Crippen LogP contribution in [0.5, 0.6) is 0 Å². The van der Waals surface area contributed by atoms with Gasteiger partial charge in [-0.1, -0.05) is 31.0 Å². The molecule has 1 aromatic carbocycles. The molecule has 2 aliphatic rings. The molecule has 1 aliphatic heterocycles. The molecule has 0 aromatic heterocycles. The van der Waals surface area contributed by atoms with Gasteiger partial charge in [-0.2, -0.15) is 0 Å². The third-order valence-electron chi connectivity index (χ3n) is 4.05. The molecule has 3 rings (SSSR count). The number of urea groups is 1. The van der Waals surface area contributed by atoms with Gasteiger partial charge >= 0.3 is 6.03 Å². The zero-order chi connectivity index (χ0) is 13.1. The van der Waals surface area contributed by atoms with Crippen LogP contribution in [0, 0.1) is 0 Å². The van der Waals surface area contributed by atoms with E-state index in [9.17, 15) is 4.79 Å². The summed E-state index contributed by atoms with van der Waals surface area (Å²) >= 11 is 0. The van der Waals surface area contributed by atoms with Crippen molar-refractivity contribution >= 4 is 6.03 Å². The fraction of sp³-hybridized carbons (Fsp3) is 0.533. The maximum absolute atomic E-state index is 11.8. The molecule has 0 bridgehead atoms. The summed E-state index contributed by atoms with van der Waals surface area (Å²) in [4.78, 5) is 11.8. The minimum Gasteiger partial charge on any atom is -0.335 e. The van der Waals surface area contributed by atoms with Gasteiger partial charge in [-0.25, -0.2) is 4.79 Å². The van der Waals surface area contributed by atoms with E-state index >= 15 is 0 Å². The third kappa shape index (κ3) is 3.07. The third-order valence-corrected chi connectivity index (χ3v) is 4.05. The van der Waals surface area contributed by atoms with Crippen molar-refractivity contribution in [3.05, 3.63) is 34.9 Å². The maximum atomic E-state index is 11.8. The molecule has 1 fully saturated rings. The maximum Gasteiger partial charge on any atom is 0.315 e. The minimum absolute atomic E-state index is 0.0366. The van der Waals surface area contributed by atoms with E-state index in [-0.39, 0.29) is 6.03 Å². The molecule has 0 radical (unpaired) electrons. The van der Waals surface area contributed by atoms with Crippen LogP contribution in [-0.2, 0) is 19.6 Å². The lowest BCUT2D eigenvalue weighted by atomic mass is 10.1. The molecule has 4 heteroatoms. The van der Waals surface area contributed by atoms with Gasteiger partial charge in [0.25, 0.3) is 0 Å². The van der Waals surface area contributed by atoms with Gasteiger partial charge in [0.05, 0.1) is 0 Å². The van der Waals surface area contributed by atoms with Crippen molar-refractivity contribution in [2.75, 3.05) is 0 Å². The zero-order valence-corrected chi connectivity index (χ0v) is 11.2. The van der Waals surface area contributed by atoms with E-state index in [2.05, 4.69) is 34.1 Å². The van der Waals surface area contributed by atoms with Gasteiger partial charge in [-0.3, -0.25) is 0 Å². The summed E-state index contributed by atoms with van der Waals surface area (Å²) in [5.74, 6) is 0. The molecule has 1 aliphatic carbocycles. The second kappa shape index (κ2) is 5.61. The standard InChI is InChI=1S/C15H21N3O/c19-15(18-14-3-1-2-4-14)17-8-11-5-6-12-9-16-10-13(12)7-11/h5-7,14,16H,1-4,8-10H2,(H2,17,18,19). The van der Waals surface area contributed by atoms with E-state index in [1.807, 2.05) is 0 Å². The number of benzene rings is 1. The van der Waals surface area contributed by atoms with Crippen LogP contribution >= 0.6 is 0 Å². The Morgan fingerprint density at radius 3 is 2.84 bits per heavy atom. The number of fused-ring (bicyclic) bond motifs is 1. The summed E-state index contributed by atoms with van der Waals surface area (Å²) in [7, 11) is 0. The van der Waals surface area contributed by atoms with Crippen molar-refractivity contribution in [2.45, 2.75) is 51.4 Å². The van der Waals surface area contributed by atoms with Crippen LogP contribution in [0.15, 0.2) is 18.2 Å². The van der Waals surface area contributed by atoms with Crippen molar-refractivity contribution < 1.29 is 4.79 Å². The number of carbonyl (C=O) groups is 1. The van der Waals surface area contributed by atoms with Crippen LogP contribution in [0.2, 0.25) is 0 Å². The molecule has 1 heterocycles. The summed E-state index contributed by atoms with van der Waals surface area (Å²) in [5.41, 5.74) is 3.90. The molecule has 0 unspecified atom stereocenters.